The molecule has 8 nitrogen and oxygen atoms in total. The van der Waals surface area contributed by atoms with Gasteiger partial charge < -0.3 is 19.5 Å². The van der Waals surface area contributed by atoms with Crippen LogP contribution in [0.1, 0.15) is 32.6 Å². The van der Waals surface area contributed by atoms with Gasteiger partial charge in [-0.2, -0.15) is 0 Å². The van der Waals surface area contributed by atoms with Crippen molar-refractivity contribution in [1.82, 2.24) is 25.1 Å². The number of piperazine rings is 1. The molecule has 3 rings (SSSR count). The summed E-state index contributed by atoms with van der Waals surface area (Å²) in [7, 11) is 0. The second-order valence-electron chi connectivity index (χ2n) is 6.97. The summed E-state index contributed by atoms with van der Waals surface area (Å²) in [5.41, 5.74) is 0. The average Bonchev–Trinajstić information content (AvgIpc) is 3.31. The minimum atomic E-state index is 0. The predicted octanol–water partition coefficient (Wildman–Crippen LogP) is 2.86. The molecule has 0 bridgehead atoms. The van der Waals surface area contributed by atoms with Gasteiger partial charge >= 0.3 is 0 Å². The highest BCUT2D eigenvalue weighted by atomic mass is 127. The maximum atomic E-state index is 5.72. The lowest BCUT2D eigenvalue weighted by atomic mass is 10.2. The molecule has 1 saturated heterocycles. The molecule has 2 aromatic rings. The minimum absolute atomic E-state index is 0. The Balaban J connectivity index is 0.00000320. The van der Waals surface area contributed by atoms with Gasteiger partial charge in [-0.25, -0.2) is 9.97 Å². The van der Waals surface area contributed by atoms with Crippen LogP contribution in [-0.4, -0.2) is 78.1 Å². The molecule has 9 heteroatoms. The Bertz CT molecular complexity index is 729. The molecule has 0 aliphatic carbocycles. The first kappa shape index (κ1) is 24.4. The molecule has 1 aliphatic rings. The first-order chi connectivity index (χ1) is 14.3. The number of anilines is 1. The van der Waals surface area contributed by atoms with Crippen LogP contribution >= 0.6 is 24.0 Å². The van der Waals surface area contributed by atoms with E-state index in [4.69, 9.17) is 9.41 Å². The van der Waals surface area contributed by atoms with Gasteiger partial charge in [0.1, 0.15) is 5.76 Å². The number of aliphatic imine (C=N–C) groups is 1. The molecule has 0 amide bonds. The summed E-state index contributed by atoms with van der Waals surface area (Å²) in [6.07, 6.45) is 5.33. The number of halogens is 1. The summed E-state index contributed by atoms with van der Waals surface area (Å²) >= 11 is 0. The van der Waals surface area contributed by atoms with Crippen molar-refractivity contribution >= 4 is 35.9 Å². The smallest absolute Gasteiger partial charge is 0.225 e. The normalized spacial score (nSPS) is 15.8. The van der Waals surface area contributed by atoms with Crippen LogP contribution in [0.25, 0.3) is 0 Å². The van der Waals surface area contributed by atoms with Crippen LogP contribution in [0.2, 0.25) is 0 Å². The Morgan fingerprint density at radius 2 is 1.83 bits per heavy atom. The fourth-order valence-corrected chi connectivity index (χ4v) is 3.70. The third kappa shape index (κ3) is 6.31. The van der Waals surface area contributed by atoms with Crippen LogP contribution in [0, 0.1) is 0 Å². The molecule has 0 aromatic carbocycles. The van der Waals surface area contributed by atoms with Crippen molar-refractivity contribution in [1.29, 1.82) is 0 Å². The van der Waals surface area contributed by atoms with Crippen molar-refractivity contribution in [3.8, 4) is 0 Å². The first-order valence-electron chi connectivity index (χ1n) is 10.6. The highest BCUT2D eigenvalue weighted by molar-refractivity contribution is 14.0. The Morgan fingerprint density at radius 3 is 2.40 bits per heavy atom. The van der Waals surface area contributed by atoms with Gasteiger partial charge in [0, 0.05) is 45.1 Å². The van der Waals surface area contributed by atoms with Gasteiger partial charge in [-0.3, -0.25) is 9.89 Å². The zero-order chi connectivity index (χ0) is 20.5. The Hall–Kier alpha value is -1.88. The van der Waals surface area contributed by atoms with Crippen molar-refractivity contribution in [2.24, 2.45) is 4.99 Å². The first-order valence-corrected chi connectivity index (χ1v) is 10.6. The Labute approximate surface area is 196 Å². The molecule has 2 aromatic heterocycles. The topological polar surface area (TPSA) is 73.0 Å². The molecule has 166 valence electrons. The maximum absolute atomic E-state index is 5.72. The van der Waals surface area contributed by atoms with Crippen molar-refractivity contribution < 1.29 is 4.42 Å². The molecular formula is C21H34IN7O. The minimum Gasteiger partial charge on any atom is -0.468 e. The summed E-state index contributed by atoms with van der Waals surface area (Å²) in [5.74, 6) is 2.73. The van der Waals surface area contributed by atoms with Crippen molar-refractivity contribution in [2.45, 2.75) is 26.8 Å². The second-order valence-corrected chi connectivity index (χ2v) is 6.97. The van der Waals surface area contributed by atoms with Crippen molar-refractivity contribution in [3.63, 3.8) is 0 Å². The van der Waals surface area contributed by atoms with E-state index in [2.05, 4.69) is 50.8 Å². The van der Waals surface area contributed by atoms with Gasteiger partial charge in [-0.15, -0.1) is 24.0 Å². The van der Waals surface area contributed by atoms with Gasteiger partial charge in [0.25, 0.3) is 0 Å². The molecule has 0 spiro atoms. The molecule has 1 N–H and O–H groups in total. The van der Waals surface area contributed by atoms with E-state index in [-0.39, 0.29) is 30.0 Å². The van der Waals surface area contributed by atoms with Crippen LogP contribution in [0.4, 0.5) is 5.95 Å². The zero-order valence-corrected chi connectivity index (χ0v) is 20.5. The van der Waals surface area contributed by atoms with E-state index < -0.39 is 0 Å². The van der Waals surface area contributed by atoms with Crippen molar-refractivity contribution in [2.75, 3.05) is 57.3 Å². The SMILES string of the molecule is CCNC(=NCC(c1ccco1)N(CC)CC)N1CCN(c2ncccn2)CC1.I. The summed E-state index contributed by atoms with van der Waals surface area (Å²) < 4.78 is 5.72. The van der Waals surface area contributed by atoms with Gasteiger partial charge in [0.15, 0.2) is 5.96 Å². The summed E-state index contributed by atoms with van der Waals surface area (Å²) in [6, 6.07) is 5.99. The number of rotatable bonds is 8. The van der Waals surface area contributed by atoms with E-state index in [0.717, 1.165) is 63.5 Å². The molecule has 0 saturated carbocycles. The molecular weight excluding hydrogens is 493 g/mol. The van der Waals surface area contributed by atoms with Gasteiger partial charge in [-0.1, -0.05) is 13.8 Å². The number of nitrogens with one attached hydrogen (secondary N) is 1. The number of likely N-dealkylation sites (N-methyl/N-ethyl adjacent to an activating group) is 1. The largest absolute Gasteiger partial charge is 0.468 e. The fraction of sp³-hybridized carbons (Fsp3) is 0.571. The average molecular weight is 527 g/mol. The molecule has 1 fully saturated rings. The molecule has 0 radical (unpaired) electrons. The van der Waals surface area contributed by atoms with E-state index in [1.54, 1.807) is 18.7 Å². The monoisotopic (exact) mass is 527 g/mol. The van der Waals surface area contributed by atoms with Crippen LogP contribution in [-0.2, 0) is 0 Å². The van der Waals surface area contributed by atoms with Crippen LogP contribution in [0.3, 0.4) is 0 Å². The standard InChI is InChI=1S/C21H33N7O.HI/c1-4-22-20(25-17-18(26(5-2)6-3)19-9-7-16-29-19)27-12-14-28(15-13-27)21-23-10-8-11-24-21;/h7-11,16,18H,4-6,12-15,17H2,1-3H3,(H,22,25);1H. The van der Waals surface area contributed by atoms with E-state index in [1.807, 2.05) is 18.2 Å². The molecule has 3 heterocycles. The van der Waals surface area contributed by atoms with Gasteiger partial charge in [0.2, 0.25) is 5.95 Å². The van der Waals surface area contributed by atoms with Crippen LogP contribution in [0.5, 0.6) is 0 Å². The number of hydrogen-bond acceptors (Lipinski definition) is 6. The van der Waals surface area contributed by atoms with Gasteiger partial charge in [0.05, 0.1) is 18.8 Å². The lowest BCUT2D eigenvalue weighted by Crippen LogP contribution is -2.53. The molecule has 1 atom stereocenters. The van der Waals surface area contributed by atoms with Crippen LogP contribution in [0.15, 0.2) is 46.3 Å². The molecule has 30 heavy (non-hydrogen) atoms. The van der Waals surface area contributed by atoms with Crippen LogP contribution < -0.4 is 10.2 Å². The lowest BCUT2D eigenvalue weighted by molar-refractivity contribution is 0.197. The number of furan rings is 1. The highest BCUT2D eigenvalue weighted by Crippen LogP contribution is 2.21. The molecule has 1 aliphatic heterocycles. The lowest BCUT2D eigenvalue weighted by Gasteiger charge is -2.36. The number of nitrogens with zero attached hydrogens (tertiary/aromatic N) is 6. The predicted molar refractivity (Wildman–Crippen MR) is 132 cm³/mol. The van der Waals surface area contributed by atoms with Gasteiger partial charge in [-0.05, 0) is 38.2 Å². The number of guanidine groups is 1. The fourth-order valence-electron chi connectivity index (χ4n) is 3.70. The Kier molecular flexibility index (Phi) is 10.4. The summed E-state index contributed by atoms with van der Waals surface area (Å²) in [6.45, 7) is 13.4. The third-order valence-corrected chi connectivity index (χ3v) is 5.29. The number of hydrogen-bond donors (Lipinski definition) is 1. The van der Waals surface area contributed by atoms with E-state index in [1.165, 1.54) is 0 Å². The maximum Gasteiger partial charge on any atom is 0.225 e. The van der Waals surface area contributed by atoms with E-state index in [9.17, 15) is 0 Å². The zero-order valence-electron chi connectivity index (χ0n) is 18.2. The summed E-state index contributed by atoms with van der Waals surface area (Å²) in [4.78, 5) is 20.7. The Morgan fingerprint density at radius 1 is 1.13 bits per heavy atom. The summed E-state index contributed by atoms with van der Waals surface area (Å²) in [5, 5.41) is 3.46. The molecule has 1 unspecified atom stereocenters. The second kappa shape index (κ2) is 12.7. The third-order valence-electron chi connectivity index (χ3n) is 5.29. The number of aromatic nitrogens is 2. The van der Waals surface area contributed by atoms with Crippen molar-refractivity contribution in [3.05, 3.63) is 42.6 Å². The quantitative estimate of drug-likeness (QED) is 0.322. The highest BCUT2D eigenvalue weighted by Gasteiger charge is 2.23. The van der Waals surface area contributed by atoms with E-state index in [0.29, 0.717) is 6.54 Å². The van der Waals surface area contributed by atoms with E-state index >= 15 is 0 Å².